The molecule has 1 fully saturated rings. The molecule has 4 nitrogen and oxygen atoms in total. The van der Waals surface area contributed by atoms with Gasteiger partial charge in [-0.25, -0.2) is 4.98 Å². The quantitative estimate of drug-likeness (QED) is 0.696. The van der Waals surface area contributed by atoms with Gasteiger partial charge in [-0.15, -0.1) is 11.6 Å². The molecule has 2 aromatic rings. The van der Waals surface area contributed by atoms with Crippen molar-refractivity contribution >= 4 is 39.9 Å². The number of imidazole rings is 1. The number of rotatable bonds is 4. The van der Waals surface area contributed by atoms with Crippen LogP contribution in [0.2, 0.25) is 0 Å². The molecule has 0 radical (unpaired) electrons. The van der Waals surface area contributed by atoms with Gasteiger partial charge in [0.2, 0.25) is 0 Å². The first-order valence-corrected chi connectivity index (χ1v) is 10.3. The van der Waals surface area contributed by atoms with E-state index in [1.807, 2.05) is 32.7 Å². The molecule has 136 valence electrons. The zero-order chi connectivity index (χ0) is 18.1. The van der Waals surface area contributed by atoms with E-state index in [0.29, 0.717) is 11.9 Å². The Labute approximate surface area is 158 Å². The third kappa shape index (κ3) is 3.49. The van der Waals surface area contributed by atoms with Crippen LogP contribution in [0.4, 0.5) is 0 Å². The SMILES string of the molecule is C/C(=C\c1c(C)nc2sc(C(=O)N(C)C3CCCCC3)c(C)n12)CCl. The first kappa shape index (κ1) is 18.5. The summed E-state index contributed by atoms with van der Waals surface area (Å²) < 4.78 is 2.10. The smallest absolute Gasteiger partial charge is 0.265 e. The zero-order valence-corrected chi connectivity index (χ0v) is 17.0. The van der Waals surface area contributed by atoms with Crippen LogP contribution in [0.3, 0.4) is 0 Å². The van der Waals surface area contributed by atoms with Crippen LogP contribution in [0.1, 0.15) is 65.8 Å². The summed E-state index contributed by atoms with van der Waals surface area (Å²) in [5.74, 6) is 0.619. The lowest BCUT2D eigenvalue weighted by Gasteiger charge is -2.31. The van der Waals surface area contributed by atoms with Gasteiger partial charge in [-0.2, -0.15) is 0 Å². The van der Waals surface area contributed by atoms with Crippen LogP contribution >= 0.6 is 22.9 Å². The molecule has 0 unspecified atom stereocenters. The predicted molar refractivity (Wildman–Crippen MR) is 106 cm³/mol. The largest absolute Gasteiger partial charge is 0.338 e. The lowest BCUT2D eigenvalue weighted by Crippen LogP contribution is -2.38. The van der Waals surface area contributed by atoms with Gasteiger partial charge in [-0.1, -0.05) is 36.2 Å². The number of carbonyl (C=O) groups is 1. The van der Waals surface area contributed by atoms with Crippen LogP contribution in [-0.2, 0) is 0 Å². The van der Waals surface area contributed by atoms with E-state index in [2.05, 4.69) is 15.5 Å². The van der Waals surface area contributed by atoms with E-state index in [4.69, 9.17) is 11.6 Å². The van der Waals surface area contributed by atoms with Crippen molar-refractivity contribution < 1.29 is 4.79 Å². The molecule has 0 saturated heterocycles. The molecular formula is C19H26ClN3OS. The van der Waals surface area contributed by atoms with Crippen molar-refractivity contribution in [2.75, 3.05) is 12.9 Å². The highest BCUT2D eigenvalue weighted by molar-refractivity contribution is 7.19. The molecule has 25 heavy (non-hydrogen) atoms. The van der Waals surface area contributed by atoms with Crippen molar-refractivity contribution in [1.29, 1.82) is 0 Å². The molecule has 1 saturated carbocycles. The maximum Gasteiger partial charge on any atom is 0.265 e. The molecule has 6 heteroatoms. The van der Waals surface area contributed by atoms with E-state index in [-0.39, 0.29) is 5.91 Å². The van der Waals surface area contributed by atoms with E-state index < -0.39 is 0 Å². The number of hydrogen-bond acceptors (Lipinski definition) is 3. The van der Waals surface area contributed by atoms with Gasteiger partial charge >= 0.3 is 0 Å². The first-order chi connectivity index (χ1) is 11.9. The van der Waals surface area contributed by atoms with Gasteiger partial charge in [-0.3, -0.25) is 9.20 Å². The maximum atomic E-state index is 13.1. The van der Waals surface area contributed by atoms with E-state index in [9.17, 15) is 4.79 Å². The normalized spacial score (nSPS) is 16.6. The fraction of sp³-hybridized carbons (Fsp3) is 0.579. The Bertz CT molecular complexity index is 814. The fourth-order valence-corrected chi connectivity index (χ4v) is 4.85. The van der Waals surface area contributed by atoms with Crippen molar-refractivity contribution in [3.05, 3.63) is 27.5 Å². The van der Waals surface area contributed by atoms with Gasteiger partial charge in [0.15, 0.2) is 4.96 Å². The van der Waals surface area contributed by atoms with Crippen LogP contribution < -0.4 is 0 Å². The van der Waals surface area contributed by atoms with Crippen molar-refractivity contribution in [1.82, 2.24) is 14.3 Å². The number of alkyl halides is 1. The highest BCUT2D eigenvalue weighted by Crippen LogP contribution is 2.30. The predicted octanol–water partition coefficient (Wildman–Crippen LogP) is 5.06. The Morgan fingerprint density at radius 1 is 1.36 bits per heavy atom. The molecule has 0 aliphatic heterocycles. The highest BCUT2D eigenvalue weighted by Gasteiger charge is 2.27. The molecule has 0 bridgehead atoms. The molecule has 1 aliphatic carbocycles. The van der Waals surface area contributed by atoms with Crippen molar-refractivity contribution in [3.63, 3.8) is 0 Å². The molecule has 1 aliphatic rings. The first-order valence-electron chi connectivity index (χ1n) is 8.92. The third-order valence-corrected chi connectivity index (χ3v) is 6.71. The Morgan fingerprint density at radius 3 is 2.68 bits per heavy atom. The average Bonchev–Trinajstić information content (AvgIpc) is 3.10. The lowest BCUT2D eigenvalue weighted by atomic mass is 9.94. The number of hydrogen-bond donors (Lipinski definition) is 0. The number of nitrogens with zero attached hydrogens (tertiary/aromatic N) is 3. The molecule has 0 spiro atoms. The van der Waals surface area contributed by atoms with Gasteiger partial charge in [-0.05, 0) is 39.7 Å². The number of carbonyl (C=O) groups excluding carboxylic acids is 1. The van der Waals surface area contributed by atoms with Crippen LogP contribution in [0, 0.1) is 13.8 Å². The van der Waals surface area contributed by atoms with Gasteiger partial charge in [0.1, 0.15) is 4.88 Å². The second-order valence-corrected chi connectivity index (χ2v) is 8.29. The molecule has 0 atom stereocenters. The Hall–Kier alpha value is -1.33. The minimum absolute atomic E-state index is 0.126. The van der Waals surface area contributed by atoms with Gasteiger partial charge in [0.05, 0.1) is 11.4 Å². The monoisotopic (exact) mass is 379 g/mol. The minimum Gasteiger partial charge on any atom is -0.338 e. The number of allylic oxidation sites excluding steroid dienone is 1. The summed E-state index contributed by atoms with van der Waals surface area (Å²) >= 11 is 7.43. The second-order valence-electron chi connectivity index (χ2n) is 7.05. The van der Waals surface area contributed by atoms with Gasteiger partial charge < -0.3 is 4.90 Å². The van der Waals surface area contributed by atoms with E-state index in [0.717, 1.165) is 45.3 Å². The summed E-state index contributed by atoms with van der Waals surface area (Å²) in [6.07, 6.45) is 8.04. The summed E-state index contributed by atoms with van der Waals surface area (Å²) in [4.78, 5) is 21.4. The van der Waals surface area contributed by atoms with E-state index in [1.54, 1.807) is 0 Å². The molecule has 3 rings (SSSR count). The average molecular weight is 380 g/mol. The Kier molecular flexibility index (Phi) is 5.54. The Morgan fingerprint density at radius 2 is 2.04 bits per heavy atom. The van der Waals surface area contributed by atoms with Crippen LogP contribution in [0.15, 0.2) is 5.57 Å². The number of aromatic nitrogens is 2. The molecule has 2 aromatic heterocycles. The lowest BCUT2D eigenvalue weighted by molar-refractivity contribution is 0.0700. The highest BCUT2D eigenvalue weighted by atomic mass is 35.5. The number of aryl methyl sites for hydroxylation is 2. The summed E-state index contributed by atoms with van der Waals surface area (Å²) in [7, 11) is 1.95. The summed E-state index contributed by atoms with van der Waals surface area (Å²) in [6.45, 7) is 6.03. The van der Waals surface area contributed by atoms with Crippen LogP contribution in [-0.4, -0.2) is 39.2 Å². The van der Waals surface area contributed by atoms with E-state index in [1.165, 1.54) is 30.6 Å². The molecular weight excluding hydrogens is 354 g/mol. The number of thiazole rings is 1. The topological polar surface area (TPSA) is 37.6 Å². The van der Waals surface area contributed by atoms with Crippen LogP contribution in [0.25, 0.3) is 11.0 Å². The third-order valence-electron chi connectivity index (χ3n) is 5.15. The van der Waals surface area contributed by atoms with Crippen LogP contribution in [0.5, 0.6) is 0 Å². The zero-order valence-electron chi connectivity index (χ0n) is 15.4. The number of amides is 1. The molecule has 1 amide bonds. The van der Waals surface area contributed by atoms with Gasteiger partial charge in [0.25, 0.3) is 5.91 Å². The van der Waals surface area contributed by atoms with E-state index >= 15 is 0 Å². The maximum absolute atomic E-state index is 13.1. The standard InChI is InChI=1S/C19H26ClN3OS/c1-12(11-20)10-16-13(2)21-19-23(16)14(3)17(25-19)18(24)22(4)15-8-6-5-7-9-15/h10,15H,5-9,11H2,1-4H3/b12-10+. The number of fused-ring (bicyclic) bond motifs is 1. The minimum atomic E-state index is 0.126. The summed E-state index contributed by atoms with van der Waals surface area (Å²) in [5.41, 5.74) is 4.06. The summed E-state index contributed by atoms with van der Waals surface area (Å²) in [5, 5.41) is 0. The Balaban J connectivity index is 1.97. The molecule has 0 N–H and O–H groups in total. The molecule has 0 aromatic carbocycles. The second kappa shape index (κ2) is 7.50. The summed E-state index contributed by atoms with van der Waals surface area (Å²) in [6, 6.07) is 0.370. The van der Waals surface area contributed by atoms with Crippen molar-refractivity contribution in [2.24, 2.45) is 0 Å². The number of halogens is 1. The molecule has 2 heterocycles. The van der Waals surface area contributed by atoms with Gasteiger partial charge in [0, 0.05) is 24.7 Å². The van der Waals surface area contributed by atoms with Crippen molar-refractivity contribution in [3.8, 4) is 0 Å². The van der Waals surface area contributed by atoms with Crippen molar-refractivity contribution in [2.45, 2.75) is 58.9 Å². The fourth-order valence-electron chi connectivity index (χ4n) is 3.61.